The number of aromatic nitrogens is 4. The molecule has 10 nitrogen and oxygen atoms in total. The number of rotatable bonds is 10. The van der Waals surface area contributed by atoms with Gasteiger partial charge in [0.05, 0.1) is 23.6 Å². The number of ether oxygens (including phenoxy) is 2. The predicted molar refractivity (Wildman–Crippen MR) is 156 cm³/mol. The molecule has 5 aromatic rings. The Kier molecular flexibility index (Phi) is 8.71. The van der Waals surface area contributed by atoms with E-state index in [0.29, 0.717) is 35.0 Å². The number of amides is 2. The van der Waals surface area contributed by atoms with Crippen molar-refractivity contribution in [3.8, 4) is 17.0 Å². The van der Waals surface area contributed by atoms with E-state index in [9.17, 15) is 18.0 Å². The van der Waals surface area contributed by atoms with Crippen LogP contribution in [0.15, 0.2) is 85.6 Å². The second-order valence-corrected chi connectivity index (χ2v) is 9.53. The lowest BCUT2D eigenvalue weighted by molar-refractivity contribution is -0.137. The molecule has 0 atom stereocenters. The molecule has 0 saturated carbocycles. The fourth-order valence-corrected chi connectivity index (χ4v) is 4.35. The summed E-state index contributed by atoms with van der Waals surface area (Å²) >= 11 is 0. The molecule has 0 radical (unpaired) electrons. The zero-order valence-electron chi connectivity index (χ0n) is 23.3. The molecule has 3 heterocycles. The third kappa shape index (κ3) is 7.19. The van der Waals surface area contributed by atoms with Crippen molar-refractivity contribution < 1.29 is 27.4 Å². The van der Waals surface area contributed by atoms with Crippen LogP contribution in [0, 0.1) is 0 Å². The Morgan fingerprint density at radius 2 is 1.84 bits per heavy atom. The van der Waals surface area contributed by atoms with Gasteiger partial charge < -0.3 is 29.4 Å². The van der Waals surface area contributed by atoms with Gasteiger partial charge in [-0.15, -0.1) is 0 Å². The molecule has 3 aromatic heterocycles. The van der Waals surface area contributed by atoms with E-state index in [1.807, 2.05) is 46.9 Å². The molecule has 0 bridgehead atoms. The number of carbonyl (C=O) groups excluding carboxylic acids is 1. The minimum atomic E-state index is -4.60. The van der Waals surface area contributed by atoms with Crippen LogP contribution < -0.4 is 20.3 Å². The zero-order valence-corrected chi connectivity index (χ0v) is 23.3. The molecule has 43 heavy (non-hydrogen) atoms. The van der Waals surface area contributed by atoms with Crippen LogP contribution in [0.1, 0.15) is 11.1 Å². The van der Waals surface area contributed by atoms with Crippen LogP contribution in [0.25, 0.3) is 16.9 Å². The lowest BCUT2D eigenvalue weighted by Gasteiger charge is -2.20. The maximum absolute atomic E-state index is 13.4. The van der Waals surface area contributed by atoms with Crippen molar-refractivity contribution in [3.05, 3.63) is 96.7 Å². The summed E-state index contributed by atoms with van der Waals surface area (Å²) in [5, 5.41) is 5.15. The highest BCUT2D eigenvalue weighted by molar-refractivity contribution is 6.01. The number of imidazole rings is 1. The molecule has 2 N–H and O–H groups in total. The molecular formula is C30H28F3N7O3. The first-order valence-corrected chi connectivity index (χ1v) is 13.2. The fraction of sp³-hybridized carbons (Fsp3) is 0.200. The van der Waals surface area contributed by atoms with Gasteiger partial charge in [-0.25, -0.2) is 14.8 Å². The SMILES string of the molecule is COCCOc1ccc(C(F)(F)F)cc1NC(=O)Nc1cccc(-c2cn3ccnc3c(N(C)Cc3ccncc3)n2)c1. The smallest absolute Gasteiger partial charge is 0.416 e. The van der Waals surface area contributed by atoms with E-state index >= 15 is 0 Å². The molecule has 2 amide bonds. The average molecular weight is 592 g/mol. The number of benzene rings is 2. The van der Waals surface area contributed by atoms with Crippen molar-refractivity contribution in [1.29, 1.82) is 0 Å². The second-order valence-electron chi connectivity index (χ2n) is 9.53. The number of anilines is 3. The molecule has 222 valence electrons. The first-order valence-electron chi connectivity index (χ1n) is 13.2. The summed E-state index contributed by atoms with van der Waals surface area (Å²) in [4.78, 5) is 28.3. The number of halogens is 3. The average Bonchev–Trinajstić information content (AvgIpc) is 3.46. The van der Waals surface area contributed by atoms with Crippen molar-refractivity contribution in [2.45, 2.75) is 12.7 Å². The second kappa shape index (κ2) is 12.8. The van der Waals surface area contributed by atoms with E-state index in [2.05, 4.69) is 20.6 Å². The Morgan fingerprint density at radius 3 is 2.60 bits per heavy atom. The molecule has 0 aliphatic carbocycles. The maximum atomic E-state index is 13.4. The van der Waals surface area contributed by atoms with Crippen LogP contribution in [0.5, 0.6) is 5.75 Å². The van der Waals surface area contributed by atoms with Crippen molar-refractivity contribution in [2.75, 3.05) is 42.9 Å². The molecule has 0 saturated heterocycles. The highest BCUT2D eigenvalue weighted by atomic mass is 19.4. The largest absolute Gasteiger partial charge is 0.489 e. The standard InChI is InChI=1S/C30H28F3N7O3/c1-39(18-20-8-10-34-11-9-20)28-27-35-12-13-40(27)19-25(37-28)21-4-3-5-23(16-21)36-29(41)38-24-17-22(30(31,32)33)6-7-26(24)43-15-14-42-2/h3-13,16-17,19H,14-15,18H2,1-2H3,(H2,36,38,41). The molecule has 13 heteroatoms. The highest BCUT2D eigenvalue weighted by Crippen LogP contribution is 2.35. The van der Waals surface area contributed by atoms with Crippen molar-refractivity contribution >= 4 is 28.9 Å². The van der Waals surface area contributed by atoms with Gasteiger partial charge in [0.15, 0.2) is 11.5 Å². The molecule has 0 unspecified atom stereocenters. The number of methoxy groups -OCH3 is 1. The van der Waals surface area contributed by atoms with E-state index < -0.39 is 17.8 Å². The van der Waals surface area contributed by atoms with Gasteiger partial charge in [-0.2, -0.15) is 13.2 Å². The van der Waals surface area contributed by atoms with Crippen LogP contribution in [-0.4, -0.2) is 52.8 Å². The lowest BCUT2D eigenvalue weighted by atomic mass is 10.1. The third-order valence-corrected chi connectivity index (χ3v) is 6.40. The topological polar surface area (TPSA) is 106 Å². The molecule has 2 aromatic carbocycles. The minimum absolute atomic E-state index is 0.0789. The molecule has 0 aliphatic heterocycles. The van der Waals surface area contributed by atoms with Crippen molar-refractivity contribution in [3.63, 3.8) is 0 Å². The van der Waals surface area contributed by atoms with Gasteiger partial charge in [-0.1, -0.05) is 12.1 Å². The number of hydrogen-bond acceptors (Lipinski definition) is 7. The first kappa shape index (κ1) is 29.3. The molecule has 0 fully saturated rings. The Hall–Kier alpha value is -5.17. The monoisotopic (exact) mass is 591 g/mol. The van der Waals surface area contributed by atoms with Gasteiger partial charge in [0.25, 0.3) is 0 Å². The Bertz CT molecular complexity index is 1710. The zero-order chi connectivity index (χ0) is 30.4. The van der Waals surface area contributed by atoms with E-state index in [4.69, 9.17) is 14.5 Å². The molecule has 5 rings (SSSR count). The van der Waals surface area contributed by atoms with Gasteiger partial charge in [-0.05, 0) is 48.0 Å². The van der Waals surface area contributed by atoms with E-state index in [1.165, 1.54) is 7.11 Å². The third-order valence-electron chi connectivity index (χ3n) is 6.40. The fourth-order valence-electron chi connectivity index (χ4n) is 4.35. The Balaban J connectivity index is 1.37. The van der Waals surface area contributed by atoms with Gasteiger partial charge in [0.1, 0.15) is 12.4 Å². The van der Waals surface area contributed by atoms with Crippen LogP contribution in [-0.2, 0) is 17.5 Å². The van der Waals surface area contributed by atoms with Gasteiger partial charge in [-0.3, -0.25) is 4.98 Å². The number of pyridine rings is 1. The maximum Gasteiger partial charge on any atom is 0.416 e. The minimum Gasteiger partial charge on any atom is -0.489 e. The van der Waals surface area contributed by atoms with Gasteiger partial charge in [0.2, 0.25) is 0 Å². The summed E-state index contributed by atoms with van der Waals surface area (Å²) in [6.45, 7) is 0.893. The highest BCUT2D eigenvalue weighted by Gasteiger charge is 2.31. The number of carbonyl (C=O) groups is 1. The molecule has 0 aliphatic rings. The predicted octanol–water partition coefficient (Wildman–Crippen LogP) is 6.12. The summed E-state index contributed by atoms with van der Waals surface area (Å²) in [7, 11) is 3.39. The summed E-state index contributed by atoms with van der Waals surface area (Å²) in [6, 6.07) is 13.0. The van der Waals surface area contributed by atoms with E-state index in [-0.39, 0.29) is 24.7 Å². The number of fused-ring (bicyclic) bond motifs is 1. The van der Waals surface area contributed by atoms with Crippen molar-refractivity contribution in [2.24, 2.45) is 0 Å². The first-order chi connectivity index (χ1) is 20.7. The van der Waals surface area contributed by atoms with Crippen LogP contribution >= 0.6 is 0 Å². The van der Waals surface area contributed by atoms with Crippen molar-refractivity contribution in [1.82, 2.24) is 19.4 Å². The number of nitrogens with one attached hydrogen (secondary N) is 2. The summed E-state index contributed by atoms with van der Waals surface area (Å²) in [6.07, 6.45) is 4.21. The molecule has 0 spiro atoms. The number of hydrogen-bond donors (Lipinski definition) is 2. The van der Waals surface area contributed by atoms with Crippen LogP contribution in [0.3, 0.4) is 0 Å². The van der Waals surface area contributed by atoms with E-state index in [0.717, 1.165) is 23.8 Å². The van der Waals surface area contributed by atoms with Gasteiger partial charge in [0, 0.05) is 62.9 Å². The van der Waals surface area contributed by atoms with Gasteiger partial charge >= 0.3 is 12.2 Å². The van der Waals surface area contributed by atoms with Crippen LogP contribution in [0.4, 0.5) is 35.2 Å². The lowest BCUT2D eigenvalue weighted by Crippen LogP contribution is -2.21. The Labute approximate surface area is 245 Å². The number of urea groups is 1. The molecular weight excluding hydrogens is 563 g/mol. The van der Waals surface area contributed by atoms with Crippen LogP contribution in [0.2, 0.25) is 0 Å². The number of alkyl halides is 3. The quantitative estimate of drug-likeness (QED) is 0.189. The number of nitrogens with zero attached hydrogens (tertiary/aromatic N) is 5. The summed E-state index contributed by atoms with van der Waals surface area (Å²) < 4.78 is 52.4. The Morgan fingerprint density at radius 1 is 1.02 bits per heavy atom. The van der Waals surface area contributed by atoms with E-state index in [1.54, 1.807) is 36.8 Å². The normalized spacial score (nSPS) is 11.4. The summed E-state index contributed by atoms with van der Waals surface area (Å²) in [5.74, 6) is 0.733. The summed E-state index contributed by atoms with van der Waals surface area (Å²) in [5.41, 5.74) is 2.41.